The average Bonchev–Trinajstić information content (AvgIpc) is 2.95. The van der Waals surface area contributed by atoms with Crippen molar-refractivity contribution in [3.8, 4) is 0 Å². The summed E-state index contributed by atoms with van der Waals surface area (Å²) in [5.41, 5.74) is 0.897. The van der Waals surface area contributed by atoms with E-state index in [9.17, 15) is 19.2 Å². The van der Waals surface area contributed by atoms with Crippen molar-refractivity contribution < 1.29 is 19.2 Å². The van der Waals surface area contributed by atoms with Crippen molar-refractivity contribution in [1.82, 2.24) is 31.2 Å². The molecule has 0 saturated carbocycles. The topological polar surface area (TPSA) is 142 Å². The highest BCUT2D eigenvalue weighted by atomic mass is 16.2. The van der Waals surface area contributed by atoms with Gasteiger partial charge in [-0.1, -0.05) is 40.5 Å². The number of nitrogens with one attached hydrogen (secondary N) is 4. The zero-order valence-corrected chi connectivity index (χ0v) is 22.7. The van der Waals surface area contributed by atoms with Gasteiger partial charge in [0, 0.05) is 49.0 Å². The van der Waals surface area contributed by atoms with Gasteiger partial charge in [-0.05, 0) is 48.9 Å². The van der Waals surface area contributed by atoms with E-state index in [-0.39, 0.29) is 35.5 Å². The van der Waals surface area contributed by atoms with Crippen LogP contribution in [0, 0.1) is 11.8 Å². The Bertz CT molecular complexity index is 951. The molecule has 0 aliphatic carbocycles. The van der Waals surface area contributed by atoms with E-state index in [1.807, 2.05) is 27.7 Å². The molecule has 0 aromatic carbocycles. The zero-order valence-electron chi connectivity index (χ0n) is 22.7. The van der Waals surface area contributed by atoms with Crippen LogP contribution in [-0.2, 0) is 9.59 Å². The Morgan fingerprint density at radius 3 is 1.32 bits per heavy atom. The molecule has 4 atom stereocenters. The Morgan fingerprint density at radius 1 is 0.658 bits per heavy atom. The standard InChI is InChI=1S/C28H40N6O4/c1-5-19(3)23(33-25(35)21-9-15-29-16-10-21)27(37)31-13-7-8-14-32-28(38)24(20(4)6-2)34-26(36)22-11-17-30-18-12-22/h9-12,15-20,23-24H,5-8,13-14H2,1-4H3,(H,31,37)(H,32,38)(H,33,35)(H,34,36)/t19?,20?,23-,24-/m0/s1. The van der Waals surface area contributed by atoms with Gasteiger partial charge in [0.1, 0.15) is 12.1 Å². The third kappa shape index (κ3) is 9.57. The number of hydrogen-bond acceptors (Lipinski definition) is 6. The average molecular weight is 525 g/mol. The second kappa shape index (κ2) is 16.1. The molecule has 2 unspecified atom stereocenters. The molecule has 0 spiro atoms. The van der Waals surface area contributed by atoms with Gasteiger partial charge in [0.25, 0.3) is 11.8 Å². The minimum absolute atomic E-state index is 0.0417. The Balaban J connectivity index is 1.79. The summed E-state index contributed by atoms with van der Waals surface area (Å²) in [6, 6.07) is 5.11. The molecule has 0 aliphatic heterocycles. The molecule has 2 rings (SSSR count). The van der Waals surface area contributed by atoms with Gasteiger partial charge in [-0.3, -0.25) is 29.1 Å². The molecule has 0 fully saturated rings. The molecule has 4 amide bonds. The molecule has 10 heteroatoms. The smallest absolute Gasteiger partial charge is 0.252 e. The molecular weight excluding hydrogens is 484 g/mol. The maximum atomic E-state index is 12.8. The molecule has 0 bridgehead atoms. The van der Waals surface area contributed by atoms with Gasteiger partial charge in [0.2, 0.25) is 11.8 Å². The van der Waals surface area contributed by atoms with Gasteiger partial charge < -0.3 is 21.3 Å². The SMILES string of the molecule is CCC(C)[C@H](NC(=O)c1ccncc1)C(=O)NCCCCNC(=O)[C@@H](NC(=O)c1ccncc1)C(C)CC. The van der Waals surface area contributed by atoms with Crippen LogP contribution in [0.15, 0.2) is 49.1 Å². The number of unbranched alkanes of at least 4 members (excludes halogenated alkanes) is 1. The molecule has 38 heavy (non-hydrogen) atoms. The second-order valence-corrected chi connectivity index (χ2v) is 9.43. The Hall–Kier alpha value is -3.82. The van der Waals surface area contributed by atoms with E-state index in [1.165, 1.54) is 24.8 Å². The van der Waals surface area contributed by atoms with Crippen LogP contribution in [0.1, 0.15) is 74.1 Å². The first-order valence-corrected chi connectivity index (χ1v) is 13.3. The Kier molecular flexibility index (Phi) is 12.9. The number of carbonyl (C=O) groups excluding carboxylic acids is 4. The van der Waals surface area contributed by atoms with Crippen LogP contribution in [0.25, 0.3) is 0 Å². The summed E-state index contributed by atoms with van der Waals surface area (Å²) in [4.78, 5) is 58.5. The van der Waals surface area contributed by atoms with E-state index in [0.717, 1.165) is 12.8 Å². The lowest BCUT2D eigenvalue weighted by Crippen LogP contribution is -2.51. The monoisotopic (exact) mass is 524 g/mol. The highest BCUT2D eigenvalue weighted by Crippen LogP contribution is 2.11. The Labute approximate surface area is 224 Å². The van der Waals surface area contributed by atoms with Crippen LogP contribution in [-0.4, -0.2) is 58.8 Å². The first-order valence-electron chi connectivity index (χ1n) is 13.3. The summed E-state index contributed by atoms with van der Waals surface area (Å²) in [7, 11) is 0. The van der Waals surface area contributed by atoms with Crippen molar-refractivity contribution in [3.63, 3.8) is 0 Å². The lowest BCUT2D eigenvalue weighted by Gasteiger charge is -2.24. The lowest BCUT2D eigenvalue weighted by molar-refractivity contribution is -0.125. The van der Waals surface area contributed by atoms with E-state index in [1.54, 1.807) is 24.3 Å². The summed E-state index contributed by atoms with van der Waals surface area (Å²) in [6.45, 7) is 8.62. The third-order valence-electron chi connectivity index (χ3n) is 6.65. The van der Waals surface area contributed by atoms with Crippen molar-refractivity contribution in [3.05, 3.63) is 60.2 Å². The highest BCUT2D eigenvalue weighted by molar-refractivity contribution is 5.98. The second-order valence-electron chi connectivity index (χ2n) is 9.43. The predicted molar refractivity (Wildman–Crippen MR) is 145 cm³/mol. The lowest BCUT2D eigenvalue weighted by atomic mass is 9.97. The number of carbonyl (C=O) groups is 4. The Morgan fingerprint density at radius 2 is 1.00 bits per heavy atom. The van der Waals surface area contributed by atoms with Gasteiger partial charge in [0.05, 0.1) is 0 Å². The maximum absolute atomic E-state index is 12.8. The molecule has 4 N–H and O–H groups in total. The van der Waals surface area contributed by atoms with Crippen molar-refractivity contribution in [2.24, 2.45) is 11.8 Å². The molecule has 206 valence electrons. The van der Waals surface area contributed by atoms with Gasteiger partial charge >= 0.3 is 0 Å². The normalized spacial score (nSPS) is 13.9. The van der Waals surface area contributed by atoms with Crippen LogP contribution < -0.4 is 21.3 Å². The van der Waals surface area contributed by atoms with Crippen molar-refractivity contribution >= 4 is 23.6 Å². The van der Waals surface area contributed by atoms with Gasteiger partial charge in [0.15, 0.2) is 0 Å². The van der Waals surface area contributed by atoms with E-state index in [4.69, 9.17) is 0 Å². The number of rotatable bonds is 15. The fraction of sp³-hybridized carbons (Fsp3) is 0.500. The number of aromatic nitrogens is 2. The number of hydrogen-bond donors (Lipinski definition) is 4. The third-order valence-corrected chi connectivity index (χ3v) is 6.65. The van der Waals surface area contributed by atoms with Crippen LogP contribution in [0.2, 0.25) is 0 Å². The van der Waals surface area contributed by atoms with Crippen LogP contribution in [0.3, 0.4) is 0 Å². The van der Waals surface area contributed by atoms with E-state index < -0.39 is 12.1 Å². The van der Waals surface area contributed by atoms with Crippen molar-refractivity contribution in [1.29, 1.82) is 0 Å². The molecule has 0 aliphatic rings. The summed E-state index contributed by atoms with van der Waals surface area (Å²) in [6.07, 6.45) is 8.89. The number of pyridine rings is 2. The quantitative estimate of drug-likeness (QED) is 0.264. The van der Waals surface area contributed by atoms with Crippen LogP contribution in [0.5, 0.6) is 0 Å². The summed E-state index contributed by atoms with van der Waals surface area (Å²) in [5.74, 6) is -1.19. The highest BCUT2D eigenvalue weighted by Gasteiger charge is 2.27. The van der Waals surface area contributed by atoms with E-state index in [2.05, 4.69) is 31.2 Å². The van der Waals surface area contributed by atoms with Gasteiger partial charge in [-0.2, -0.15) is 0 Å². The summed E-state index contributed by atoms with van der Waals surface area (Å²) < 4.78 is 0. The van der Waals surface area contributed by atoms with Crippen molar-refractivity contribution in [2.45, 2.75) is 65.5 Å². The fourth-order valence-electron chi connectivity index (χ4n) is 3.75. The minimum Gasteiger partial charge on any atom is -0.354 e. The molecule has 0 radical (unpaired) electrons. The van der Waals surface area contributed by atoms with Crippen molar-refractivity contribution in [2.75, 3.05) is 13.1 Å². The van der Waals surface area contributed by atoms with Crippen LogP contribution >= 0.6 is 0 Å². The first-order chi connectivity index (χ1) is 18.3. The number of amides is 4. The minimum atomic E-state index is -0.652. The molecule has 2 aromatic heterocycles. The molecule has 2 heterocycles. The van der Waals surface area contributed by atoms with E-state index in [0.29, 0.717) is 37.1 Å². The zero-order chi connectivity index (χ0) is 27.9. The fourth-order valence-corrected chi connectivity index (χ4v) is 3.75. The molecular formula is C28H40N6O4. The molecule has 2 aromatic rings. The molecule has 0 saturated heterocycles. The van der Waals surface area contributed by atoms with E-state index >= 15 is 0 Å². The molecule has 10 nitrogen and oxygen atoms in total. The maximum Gasteiger partial charge on any atom is 0.252 e. The number of nitrogens with zero attached hydrogens (tertiary/aromatic N) is 2. The predicted octanol–water partition coefficient (Wildman–Crippen LogP) is 2.48. The summed E-state index contributed by atoms with van der Waals surface area (Å²) in [5, 5.41) is 11.5. The largest absolute Gasteiger partial charge is 0.354 e. The van der Waals surface area contributed by atoms with Gasteiger partial charge in [-0.25, -0.2) is 0 Å². The van der Waals surface area contributed by atoms with Crippen LogP contribution in [0.4, 0.5) is 0 Å². The van der Waals surface area contributed by atoms with Gasteiger partial charge in [-0.15, -0.1) is 0 Å². The summed E-state index contributed by atoms with van der Waals surface area (Å²) >= 11 is 0. The first kappa shape index (κ1) is 30.4.